The summed E-state index contributed by atoms with van der Waals surface area (Å²) < 4.78 is 0. The number of benzene rings is 1. The van der Waals surface area contributed by atoms with E-state index in [1.54, 1.807) is 0 Å². The Balaban J connectivity index is 2.01. The minimum Gasteiger partial charge on any atom is -0.309 e. The van der Waals surface area contributed by atoms with Crippen molar-refractivity contribution in [2.24, 2.45) is 0 Å². The quantitative estimate of drug-likeness (QED) is 0.729. The molecule has 1 amide bonds. The summed E-state index contributed by atoms with van der Waals surface area (Å²) >= 11 is 3.49. The molecule has 0 unspecified atom stereocenters. The number of hydrogen-bond acceptors (Lipinski definition) is 2. The van der Waals surface area contributed by atoms with Crippen LogP contribution in [0, 0.1) is 0 Å². The summed E-state index contributed by atoms with van der Waals surface area (Å²) in [5, 5.41) is 1.07. The molecule has 2 rings (SSSR count). The van der Waals surface area contributed by atoms with Gasteiger partial charge in [-0.3, -0.25) is 4.79 Å². The minimum atomic E-state index is 0.236. The van der Waals surface area contributed by atoms with Crippen LogP contribution < -0.4 is 4.90 Å². The highest BCUT2D eigenvalue weighted by molar-refractivity contribution is 9.09. The molecule has 116 valence electrons. The second-order valence-electron chi connectivity index (χ2n) is 5.57. The predicted molar refractivity (Wildman–Crippen MR) is 92.1 cm³/mol. The molecule has 0 aliphatic carbocycles. The lowest BCUT2D eigenvalue weighted by molar-refractivity contribution is -0.119. The van der Waals surface area contributed by atoms with Crippen LogP contribution in [0.25, 0.3) is 0 Å². The van der Waals surface area contributed by atoms with Crippen LogP contribution in [0.2, 0.25) is 0 Å². The van der Waals surface area contributed by atoms with Crippen LogP contribution >= 0.6 is 15.9 Å². The van der Waals surface area contributed by atoms with Crippen molar-refractivity contribution in [1.29, 1.82) is 0 Å². The van der Waals surface area contributed by atoms with E-state index in [4.69, 9.17) is 0 Å². The first-order valence-electron chi connectivity index (χ1n) is 7.91. The number of halogens is 1. The van der Waals surface area contributed by atoms with E-state index in [0.717, 1.165) is 43.5 Å². The highest BCUT2D eigenvalue weighted by Gasteiger charge is 2.27. The van der Waals surface area contributed by atoms with E-state index in [2.05, 4.69) is 20.8 Å². The third-order valence-electron chi connectivity index (χ3n) is 4.14. The summed E-state index contributed by atoms with van der Waals surface area (Å²) in [5.41, 5.74) is 1.04. The van der Waals surface area contributed by atoms with Gasteiger partial charge in [0.05, 0.1) is 0 Å². The summed E-state index contributed by atoms with van der Waals surface area (Å²) in [6, 6.07) is 10.5. The molecule has 1 heterocycles. The molecule has 0 radical (unpaired) electrons. The molecule has 1 aliphatic heterocycles. The van der Waals surface area contributed by atoms with Crippen LogP contribution in [0.15, 0.2) is 30.3 Å². The van der Waals surface area contributed by atoms with Gasteiger partial charge in [0.15, 0.2) is 0 Å². The van der Waals surface area contributed by atoms with Crippen LogP contribution in [-0.4, -0.2) is 41.8 Å². The number of alkyl halides is 1. The van der Waals surface area contributed by atoms with Crippen LogP contribution in [0.5, 0.6) is 0 Å². The largest absolute Gasteiger partial charge is 0.309 e. The zero-order valence-electron chi connectivity index (χ0n) is 12.8. The van der Waals surface area contributed by atoms with E-state index >= 15 is 0 Å². The molecule has 21 heavy (non-hydrogen) atoms. The third kappa shape index (κ3) is 4.55. The van der Waals surface area contributed by atoms with E-state index < -0.39 is 0 Å². The molecule has 3 nitrogen and oxygen atoms in total. The van der Waals surface area contributed by atoms with Crippen molar-refractivity contribution in [2.75, 3.05) is 29.9 Å². The van der Waals surface area contributed by atoms with Crippen LogP contribution in [0.3, 0.4) is 0 Å². The summed E-state index contributed by atoms with van der Waals surface area (Å²) in [6.45, 7) is 5.30. The average Bonchev–Trinajstić information content (AvgIpc) is 2.55. The average molecular weight is 353 g/mol. The molecule has 4 heteroatoms. The molecule has 1 aliphatic rings. The van der Waals surface area contributed by atoms with E-state index in [9.17, 15) is 4.79 Å². The van der Waals surface area contributed by atoms with Gasteiger partial charge < -0.3 is 9.80 Å². The van der Waals surface area contributed by atoms with E-state index in [1.807, 2.05) is 42.2 Å². The van der Waals surface area contributed by atoms with Gasteiger partial charge in [0.25, 0.3) is 0 Å². The molecule has 0 saturated carbocycles. The summed E-state index contributed by atoms with van der Waals surface area (Å²) in [5.74, 6) is 0.236. The number of carbonyl (C=O) groups excluding carboxylic acids is 1. The highest BCUT2D eigenvalue weighted by atomic mass is 79.9. The second-order valence-corrected chi connectivity index (χ2v) is 6.36. The van der Waals surface area contributed by atoms with Gasteiger partial charge in [-0.05, 0) is 37.9 Å². The predicted octanol–water partition coefficient (Wildman–Crippen LogP) is 3.68. The monoisotopic (exact) mass is 352 g/mol. The molecule has 1 fully saturated rings. The number of carbonyl (C=O) groups is 1. The Bertz CT molecular complexity index is 430. The Morgan fingerprint density at radius 1 is 1.29 bits per heavy atom. The molecule has 1 aromatic rings. The standard InChI is InChI=1S/C17H25BrN2O/c1-2-17(21)20(15-7-4-3-5-8-15)16-9-13-19(14-10-16)12-6-11-18/h3-5,7-8,16H,2,6,9-14H2,1H3. The number of anilines is 1. The second kappa shape index (κ2) is 8.54. The summed E-state index contributed by atoms with van der Waals surface area (Å²) in [6.07, 6.45) is 3.91. The first kappa shape index (κ1) is 16.5. The Labute approximate surface area is 136 Å². The fraction of sp³-hybridized carbons (Fsp3) is 0.588. The molecule has 1 saturated heterocycles. The number of para-hydroxylation sites is 1. The molecule has 0 bridgehead atoms. The Morgan fingerprint density at radius 2 is 1.95 bits per heavy atom. The van der Waals surface area contributed by atoms with Crippen molar-refractivity contribution in [3.8, 4) is 0 Å². The maximum Gasteiger partial charge on any atom is 0.226 e. The van der Waals surface area contributed by atoms with Crippen LogP contribution in [0.1, 0.15) is 32.6 Å². The zero-order valence-corrected chi connectivity index (χ0v) is 14.4. The van der Waals surface area contributed by atoms with Crippen molar-refractivity contribution in [2.45, 2.75) is 38.6 Å². The van der Waals surface area contributed by atoms with Gasteiger partial charge in [0.2, 0.25) is 5.91 Å². The number of piperidine rings is 1. The summed E-state index contributed by atoms with van der Waals surface area (Å²) in [4.78, 5) is 16.9. The van der Waals surface area contributed by atoms with Gasteiger partial charge in [0, 0.05) is 36.6 Å². The molecule has 0 spiro atoms. The fourth-order valence-corrected chi connectivity index (χ4v) is 3.25. The van der Waals surface area contributed by atoms with Crippen molar-refractivity contribution in [3.05, 3.63) is 30.3 Å². The first-order chi connectivity index (χ1) is 10.3. The lowest BCUT2D eigenvalue weighted by Crippen LogP contribution is -2.47. The molecule has 0 atom stereocenters. The van der Waals surface area contributed by atoms with Gasteiger partial charge >= 0.3 is 0 Å². The smallest absolute Gasteiger partial charge is 0.226 e. The lowest BCUT2D eigenvalue weighted by Gasteiger charge is -2.38. The summed E-state index contributed by atoms with van der Waals surface area (Å²) in [7, 11) is 0. The van der Waals surface area contributed by atoms with Gasteiger partial charge in [-0.1, -0.05) is 41.1 Å². The molecular weight excluding hydrogens is 328 g/mol. The van der Waals surface area contributed by atoms with E-state index in [0.29, 0.717) is 12.5 Å². The number of likely N-dealkylation sites (tertiary alicyclic amines) is 1. The van der Waals surface area contributed by atoms with E-state index in [-0.39, 0.29) is 5.91 Å². The topological polar surface area (TPSA) is 23.6 Å². The first-order valence-corrected chi connectivity index (χ1v) is 9.03. The Hall–Kier alpha value is -0.870. The highest BCUT2D eigenvalue weighted by Crippen LogP contribution is 2.24. The van der Waals surface area contributed by atoms with Gasteiger partial charge in [-0.2, -0.15) is 0 Å². The molecule has 0 aromatic heterocycles. The zero-order chi connectivity index (χ0) is 15.1. The van der Waals surface area contributed by atoms with Crippen LogP contribution in [-0.2, 0) is 4.79 Å². The third-order valence-corrected chi connectivity index (χ3v) is 4.70. The van der Waals surface area contributed by atoms with Crippen molar-refractivity contribution in [3.63, 3.8) is 0 Å². The van der Waals surface area contributed by atoms with Crippen molar-refractivity contribution >= 4 is 27.5 Å². The Kier molecular flexibility index (Phi) is 6.71. The maximum absolute atomic E-state index is 12.4. The lowest BCUT2D eigenvalue weighted by atomic mass is 10.0. The fourth-order valence-electron chi connectivity index (χ4n) is 3.00. The maximum atomic E-state index is 12.4. The number of rotatable bonds is 6. The van der Waals surface area contributed by atoms with Crippen molar-refractivity contribution in [1.82, 2.24) is 4.90 Å². The van der Waals surface area contributed by atoms with Crippen LogP contribution in [0.4, 0.5) is 5.69 Å². The SMILES string of the molecule is CCC(=O)N(c1ccccc1)C1CCN(CCCBr)CC1. The number of hydrogen-bond donors (Lipinski definition) is 0. The van der Waals surface area contributed by atoms with Gasteiger partial charge in [-0.15, -0.1) is 0 Å². The van der Waals surface area contributed by atoms with Gasteiger partial charge in [0.1, 0.15) is 0 Å². The molecule has 1 aromatic carbocycles. The number of amides is 1. The van der Waals surface area contributed by atoms with Crippen molar-refractivity contribution < 1.29 is 4.79 Å². The normalized spacial score (nSPS) is 16.9. The molecule has 0 N–H and O–H groups in total. The minimum absolute atomic E-state index is 0.236. The molecular formula is C17H25BrN2O. The van der Waals surface area contributed by atoms with E-state index in [1.165, 1.54) is 6.42 Å². The number of nitrogens with zero attached hydrogens (tertiary/aromatic N) is 2. The van der Waals surface area contributed by atoms with Gasteiger partial charge in [-0.25, -0.2) is 0 Å². The Morgan fingerprint density at radius 3 is 2.52 bits per heavy atom.